The van der Waals surface area contributed by atoms with E-state index in [0.29, 0.717) is 6.54 Å². The molecule has 0 bridgehead atoms. The lowest BCUT2D eigenvalue weighted by molar-refractivity contribution is -0.125. The zero-order chi connectivity index (χ0) is 16.1. The molecule has 2 rings (SSSR count). The Bertz CT molecular complexity index is 533. The summed E-state index contributed by atoms with van der Waals surface area (Å²) in [6, 6.07) is 6.38. The molecule has 0 aliphatic carbocycles. The van der Waals surface area contributed by atoms with Crippen LogP contribution in [0.15, 0.2) is 30.9 Å². The molecule has 1 amide bonds. The third kappa shape index (κ3) is 3.69. The van der Waals surface area contributed by atoms with Crippen LogP contribution in [0.1, 0.15) is 18.1 Å². The van der Waals surface area contributed by atoms with Gasteiger partial charge in [0.05, 0.1) is 6.04 Å². The van der Waals surface area contributed by atoms with Gasteiger partial charge in [-0.25, -0.2) is 0 Å². The van der Waals surface area contributed by atoms with Crippen molar-refractivity contribution in [1.82, 2.24) is 10.2 Å². The lowest BCUT2D eigenvalue weighted by atomic mass is 10.1. The smallest absolute Gasteiger partial charge is 0.237 e. The number of anilines is 1. The van der Waals surface area contributed by atoms with Gasteiger partial charge in [0, 0.05) is 38.4 Å². The van der Waals surface area contributed by atoms with Crippen molar-refractivity contribution in [3.05, 3.63) is 42.0 Å². The molecule has 0 unspecified atom stereocenters. The van der Waals surface area contributed by atoms with E-state index in [2.05, 4.69) is 53.7 Å². The predicted molar refractivity (Wildman–Crippen MR) is 92.4 cm³/mol. The highest BCUT2D eigenvalue weighted by Gasteiger charge is 2.25. The topological polar surface area (TPSA) is 35.6 Å². The van der Waals surface area contributed by atoms with E-state index < -0.39 is 0 Å². The average molecular weight is 301 g/mol. The van der Waals surface area contributed by atoms with Crippen LogP contribution in [0.5, 0.6) is 0 Å². The summed E-state index contributed by atoms with van der Waals surface area (Å²) in [5, 5.41) is 2.88. The monoisotopic (exact) mass is 301 g/mol. The molecule has 4 nitrogen and oxygen atoms in total. The Morgan fingerprint density at radius 3 is 2.64 bits per heavy atom. The normalized spacial score (nSPS) is 17.1. The molecule has 1 aromatic carbocycles. The van der Waals surface area contributed by atoms with Crippen molar-refractivity contribution in [1.29, 1.82) is 0 Å². The molecule has 1 heterocycles. The number of nitrogens with zero attached hydrogens (tertiary/aromatic N) is 2. The maximum absolute atomic E-state index is 12.0. The molecule has 1 aliphatic rings. The van der Waals surface area contributed by atoms with E-state index in [1.807, 2.05) is 6.92 Å². The number of hydrogen-bond acceptors (Lipinski definition) is 3. The quantitative estimate of drug-likeness (QED) is 0.846. The van der Waals surface area contributed by atoms with Crippen LogP contribution in [0.4, 0.5) is 5.69 Å². The molecular weight excluding hydrogens is 274 g/mol. The summed E-state index contributed by atoms with van der Waals surface area (Å²) in [6.07, 6.45) is 1.71. The van der Waals surface area contributed by atoms with Crippen molar-refractivity contribution in [3.8, 4) is 0 Å². The van der Waals surface area contributed by atoms with Gasteiger partial charge in [-0.1, -0.05) is 18.2 Å². The summed E-state index contributed by atoms with van der Waals surface area (Å²) < 4.78 is 0. The third-order valence-corrected chi connectivity index (χ3v) is 4.58. The number of hydrogen-bond donors (Lipinski definition) is 1. The molecule has 1 saturated heterocycles. The van der Waals surface area contributed by atoms with Crippen molar-refractivity contribution in [3.63, 3.8) is 0 Å². The van der Waals surface area contributed by atoms with E-state index >= 15 is 0 Å². The van der Waals surface area contributed by atoms with Crippen LogP contribution in [0, 0.1) is 13.8 Å². The first-order valence-corrected chi connectivity index (χ1v) is 7.98. The molecule has 0 aromatic heterocycles. The zero-order valence-corrected chi connectivity index (χ0v) is 13.9. The van der Waals surface area contributed by atoms with Crippen molar-refractivity contribution in [2.24, 2.45) is 0 Å². The highest BCUT2D eigenvalue weighted by atomic mass is 16.2. The van der Waals surface area contributed by atoms with Gasteiger partial charge in [-0.2, -0.15) is 0 Å². The maximum atomic E-state index is 12.0. The number of piperazine rings is 1. The Balaban J connectivity index is 1.94. The number of aryl methyl sites for hydroxylation is 1. The van der Waals surface area contributed by atoms with Crippen molar-refractivity contribution < 1.29 is 4.79 Å². The van der Waals surface area contributed by atoms with Gasteiger partial charge >= 0.3 is 0 Å². The van der Waals surface area contributed by atoms with Gasteiger partial charge in [-0.15, -0.1) is 6.58 Å². The molecule has 4 heteroatoms. The summed E-state index contributed by atoms with van der Waals surface area (Å²) in [5.41, 5.74) is 4.01. The summed E-state index contributed by atoms with van der Waals surface area (Å²) in [5.74, 6) is 0.0834. The first-order chi connectivity index (χ1) is 10.5. The maximum Gasteiger partial charge on any atom is 0.237 e. The van der Waals surface area contributed by atoms with E-state index in [1.54, 1.807) is 6.08 Å². The van der Waals surface area contributed by atoms with E-state index in [9.17, 15) is 4.79 Å². The molecule has 22 heavy (non-hydrogen) atoms. The van der Waals surface area contributed by atoms with E-state index in [1.165, 1.54) is 16.8 Å². The molecule has 1 N–H and O–H groups in total. The Labute approximate surface area is 133 Å². The Hall–Kier alpha value is -1.81. The largest absolute Gasteiger partial charge is 0.369 e. The zero-order valence-electron chi connectivity index (χ0n) is 13.9. The Kier molecular flexibility index (Phi) is 5.61. The van der Waals surface area contributed by atoms with Gasteiger partial charge < -0.3 is 10.2 Å². The minimum absolute atomic E-state index is 0.0827. The minimum atomic E-state index is -0.0827. The second kappa shape index (κ2) is 7.45. The fourth-order valence-electron chi connectivity index (χ4n) is 2.91. The fourth-order valence-corrected chi connectivity index (χ4v) is 2.91. The minimum Gasteiger partial charge on any atom is -0.369 e. The molecule has 1 aromatic rings. The van der Waals surface area contributed by atoms with Crippen LogP contribution < -0.4 is 10.2 Å². The van der Waals surface area contributed by atoms with Gasteiger partial charge in [0.2, 0.25) is 5.91 Å². The Morgan fingerprint density at radius 2 is 2.00 bits per heavy atom. The first-order valence-electron chi connectivity index (χ1n) is 7.98. The van der Waals surface area contributed by atoms with Gasteiger partial charge in [0.15, 0.2) is 0 Å². The molecule has 1 aliphatic heterocycles. The van der Waals surface area contributed by atoms with E-state index in [4.69, 9.17) is 0 Å². The number of benzene rings is 1. The van der Waals surface area contributed by atoms with Crippen molar-refractivity contribution in [2.45, 2.75) is 26.8 Å². The van der Waals surface area contributed by atoms with E-state index in [0.717, 1.165) is 26.2 Å². The second-order valence-electron chi connectivity index (χ2n) is 5.95. The van der Waals surface area contributed by atoms with Gasteiger partial charge in [-0.3, -0.25) is 9.69 Å². The van der Waals surface area contributed by atoms with Gasteiger partial charge in [0.1, 0.15) is 0 Å². The van der Waals surface area contributed by atoms with Crippen LogP contribution in [-0.2, 0) is 4.79 Å². The molecule has 1 atom stereocenters. The second-order valence-corrected chi connectivity index (χ2v) is 5.95. The van der Waals surface area contributed by atoms with Crippen LogP contribution in [0.25, 0.3) is 0 Å². The molecule has 0 spiro atoms. The third-order valence-electron chi connectivity index (χ3n) is 4.58. The molecule has 1 fully saturated rings. The standard InChI is InChI=1S/C18H27N3O/c1-5-9-19-18(22)16(4)20-10-12-21(13-11-20)17-8-6-7-14(2)15(17)3/h5-8,16H,1,9-13H2,2-4H3,(H,19,22)/t16-/m0/s1. The van der Waals surface area contributed by atoms with Gasteiger partial charge in [-0.05, 0) is 38.0 Å². The lowest BCUT2D eigenvalue weighted by Crippen LogP contribution is -2.54. The molecular formula is C18H27N3O. The van der Waals surface area contributed by atoms with E-state index in [-0.39, 0.29) is 11.9 Å². The predicted octanol–water partition coefficient (Wildman–Crippen LogP) is 2.12. The summed E-state index contributed by atoms with van der Waals surface area (Å²) >= 11 is 0. The summed E-state index contributed by atoms with van der Waals surface area (Å²) in [6.45, 7) is 14.2. The number of amides is 1. The number of nitrogens with one attached hydrogen (secondary N) is 1. The summed E-state index contributed by atoms with van der Waals surface area (Å²) in [4.78, 5) is 16.7. The molecule has 0 radical (unpaired) electrons. The average Bonchev–Trinajstić information content (AvgIpc) is 2.54. The number of carbonyl (C=O) groups excluding carboxylic acids is 1. The first kappa shape index (κ1) is 16.6. The SMILES string of the molecule is C=CCNC(=O)[C@H](C)N1CCN(c2cccc(C)c2C)CC1. The summed E-state index contributed by atoms with van der Waals surface area (Å²) in [7, 11) is 0. The highest BCUT2D eigenvalue weighted by Crippen LogP contribution is 2.24. The van der Waals surface area contributed by atoms with Crippen LogP contribution in [0.2, 0.25) is 0 Å². The van der Waals surface area contributed by atoms with Crippen LogP contribution >= 0.6 is 0 Å². The lowest BCUT2D eigenvalue weighted by Gasteiger charge is -2.39. The van der Waals surface area contributed by atoms with Crippen LogP contribution in [-0.4, -0.2) is 49.6 Å². The fraction of sp³-hybridized carbons (Fsp3) is 0.500. The highest BCUT2D eigenvalue weighted by molar-refractivity contribution is 5.81. The Morgan fingerprint density at radius 1 is 1.32 bits per heavy atom. The molecule has 120 valence electrons. The number of carbonyl (C=O) groups is 1. The van der Waals surface area contributed by atoms with Gasteiger partial charge in [0.25, 0.3) is 0 Å². The molecule has 0 saturated carbocycles. The van der Waals surface area contributed by atoms with Crippen molar-refractivity contribution >= 4 is 11.6 Å². The van der Waals surface area contributed by atoms with Crippen LogP contribution in [0.3, 0.4) is 0 Å². The van der Waals surface area contributed by atoms with Crippen molar-refractivity contribution in [2.75, 3.05) is 37.6 Å². The number of rotatable bonds is 5.